The molecule has 0 spiro atoms. The van der Waals surface area contributed by atoms with Crippen LogP contribution in [-0.2, 0) is 21.5 Å². The van der Waals surface area contributed by atoms with Crippen LogP contribution < -0.4 is 9.46 Å². The van der Waals surface area contributed by atoms with E-state index in [9.17, 15) is 8.42 Å². The first-order chi connectivity index (χ1) is 13.5. The number of benzene rings is 2. The molecule has 28 heavy (non-hydrogen) atoms. The molecule has 0 aromatic heterocycles. The number of rotatable bonds is 8. The summed E-state index contributed by atoms with van der Waals surface area (Å²) in [5.74, 6) is 1.20. The van der Waals surface area contributed by atoms with Gasteiger partial charge in [-0.05, 0) is 42.0 Å². The number of ether oxygens (including phenoxy) is 1. The molecule has 150 valence electrons. The highest BCUT2D eigenvalue weighted by Gasteiger charge is 2.43. The molecule has 1 heterocycles. The van der Waals surface area contributed by atoms with Crippen LogP contribution >= 0.6 is 0 Å². The normalized spacial score (nSPS) is 23.0. The minimum Gasteiger partial charge on any atom is -0.489 e. The van der Waals surface area contributed by atoms with Gasteiger partial charge in [0.1, 0.15) is 17.6 Å². The quantitative estimate of drug-likeness (QED) is 0.735. The van der Waals surface area contributed by atoms with Gasteiger partial charge < -0.3 is 4.74 Å². The highest BCUT2D eigenvalue weighted by atomic mass is 32.2. The van der Waals surface area contributed by atoms with Crippen LogP contribution in [0.2, 0.25) is 0 Å². The minimum absolute atomic E-state index is 0.149. The van der Waals surface area contributed by atoms with Crippen molar-refractivity contribution in [2.45, 2.75) is 30.7 Å². The third kappa shape index (κ3) is 4.55. The maximum Gasteiger partial charge on any atom is 0.218 e. The molecule has 2 atom stereocenters. The molecule has 2 aliphatic rings. The predicted molar refractivity (Wildman–Crippen MR) is 107 cm³/mol. The van der Waals surface area contributed by atoms with Gasteiger partial charge in [-0.15, -0.1) is 0 Å². The molecule has 6 nitrogen and oxygen atoms in total. The first-order valence-electron chi connectivity index (χ1n) is 9.64. The van der Waals surface area contributed by atoms with Crippen molar-refractivity contribution >= 4 is 10.0 Å². The van der Waals surface area contributed by atoms with Crippen LogP contribution in [-0.4, -0.2) is 38.9 Å². The van der Waals surface area contributed by atoms with Gasteiger partial charge in [0.2, 0.25) is 10.0 Å². The summed E-state index contributed by atoms with van der Waals surface area (Å²) in [6, 6.07) is 17.2. The van der Waals surface area contributed by atoms with Crippen LogP contribution in [0.15, 0.2) is 54.6 Å². The van der Waals surface area contributed by atoms with Gasteiger partial charge in [-0.3, -0.25) is 4.84 Å². The van der Waals surface area contributed by atoms with Crippen molar-refractivity contribution in [3.63, 3.8) is 0 Å². The van der Waals surface area contributed by atoms with Crippen molar-refractivity contribution in [3.8, 4) is 5.75 Å². The lowest BCUT2D eigenvalue weighted by Crippen LogP contribution is -2.40. The Kier molecular flexibility index (Phi) is 5.68. The van der Waals surface area contributed by atoms with Crippen molar-refractivity contribution in [1.29, 1.82) is 0 Å². The topological polar surface area (TPSA) is 67.9 Å². The van der Waals surface area contributed by atoms with E-state index in [1.165, 1.54) is 0 Å². The highest BCUT2D eigenvalue weighted by molar-refractivity contribution is 7.90. The highest BCUT2D eigenvalue weighted by Crippen LogP contribution is 2.35. The van der Waals surface area contributed by atoms with Crippen molar-refractivity contribution < 1.29 is 18.0 Å². The number of hydroxylamine groups is 2. The van der Waals surface area contributed by atoms with Gasteiger partial charge in [0, 0.05) is 13.6 Å². The van der Waals surface area contributed by atoms with Crippen molar-refractivity contribution in [2.24, 2.45) is 5.92 Å². The molecular formula is C21H26N2O4S. The molecule has 4 rings (SSSR count). The molecule has 0 unspecified atom stereocenters. The van der Waals surface area contributed by atoms with Gasteiger partial charge in [-0.1, -0.05) is 42.5 Å². The zero-order chi connectivity index (χ0) is 19.6. The number of nitrogens with zero attached hydrogens (tertiary/aromatic N) is 1. The van der Waals surface area contributed by atoms with Crippen molar-refractivity contribution in [1.82, 2.24) is 9.79 Å². The summed E-state index contributed by atoms with van der Waals surface area (Å²) in [5, 5.41) is 0.984. The first-order valence-corrected chi connectivity index (χ1v) is 11.2. The maximum atomic E-state index is 12.8. The van der Waals surface area contributed by atoms with Crippen molar-refractivity contribution in [3.05, 3.63) is 65.7 Å². The van der Waals surface area contributed by atoms with Crippen LogP contribution in [0.25, 0.3) is 0 Å². The lowest BCUT2D eigenvalue weighted by atomic mass is 10.0. The molecule has 2 aromatic carbocycles. The van der Waals surface area contributed by atoms with E-state index >= 15 is 0 Å². The van der Waals surface area contributed by atoms with Crippen LogP contribution in [0.1, 0.15) is 30.0 Å². The van der Waals surface area contributed by atoms with E-state index < -0.39 is 15.3 Å². The second kappa shape index (κ2) is 8.21. The Balaban J connectivity index is 1.49. The number of sulfonamides is 1. The summed E-state index contributed by atoms with van der Waals surface area (Å²) in [4.78, 5) is 5.58. The van der Waals surface area contributed by atoms with Crippen LogP contribution in [0.3, 0.4) is 0 Å². The summed E-state index contributed by atoms with van der Waals surface area (Å²) in [5.41, 5.74) is 1.95. The Morgan fingerprint density at radius 3 is 2.68 bits per heavy atom. The molecular weight excluding hydrogens is 376 g/mol. The van der Waals surface area contributed by atoms with Gasteiger partial charge in [0.15, 0.2) is 0 Å². The molecule has 1 aliphatic carbocycles. The number of nitrogens with one attached hydrogen (secondary N) is 1. The zero-order valence-electron chi connectivity index (χ0n) is 16.0. The second-order valence-electron chi connectivity index (χ2n) is 7.51. The molecule has 1 saturated heterocycles. The molecule has 2 fully saturated rings. The Hall–Kier alpha value is -1.93. The molecule has 1 aliphatic heterocycles. The van der Waals surface area contributed by atoms with Crippen LogP contribution in [0, 0.1) is 5.92 Å². The van der Waals surface area contributed by atoms with Crippen molar-refractivity contribution in [2.75, 3.05) is 20.2 Å². The first kappa shape index (κ1) is 19.4. The van der Waals surface area contributed by atoms with E-state index in [1.54, 1.807) is 12.1 Å². The average molecular weight is 403 g/mol. The molecule has 2 aromatic rings. The lowest BCUT2D eigenvalue weighted by Gasteiger charge is -2.23. The van der Waals surface area contributed by atoms with E-state index in [1.807, 2.05) is 54.6 Å². The zero-order valence-corrected chi connectivity index (χ0v) is 16.8. The minimum atomic E-state index is -3.47. The van der Waals surface area contributed by atoms with E-state index in [0.717, 1.165) is 24.0 Å². The Morgan fingerprint density at radius 2 is 1.93 bits per heavy atom. The number of hydrogen-bond acceptors (Lipinski definition) is 5. The Bertz CT molecular complexity index is 900. The molecule has 0 amide bonds. The van der Waals surface area contributed by atoms with Gasteiger partial charge in [-0.25, -0.2) is 13.1 Å². The van der Waals surface area contributed by atoms with Crippen LogP contribution in [0.5, 0.6) is 5.75 Å². The smallest absolute Gasteiger partial charge is 0.218 e. The largest absolute Gasteiger partial charge is 0.489 e. The third-order valence-corrected chi connectivity index (χ3v) is 7.06. The van der Waals surface area contributed by atoms with Gasteiger partial charge in [-0.2, -0.15) is 5.06 Å². The van der Waals surface area contributed by atoms with E-state index in [4.69, 9.17) is 9.57 Å². The standard InChI is InChI=1S/C21H26N2O4S/c1-23-21(20(15-27-23)28(24,25)22-13-16-10-11-16)18-8-5-9-19(12-18)26-14-17-6-3-2-4-7-17/h2-9,12,16,20-22H,10-11,13-15H2,1H3/t20-,21+/m0/s1. The van der Waals surface area contributed by atoms with Gasteiger partial charge in [0.25, 0.3) is 0 Å². The van der Waals surface area contributed by atoms with Gasteiger partial charge in [0.05, 0.1) is 12.6 Å². The fraction of sp³-hybridized carbons (Fsp3) is 0.429. The van der Waals surface area contributed by atoms with Crippen LogP contribution in [0.4, 0.5) is 0 Å². The lowest BCUT2D eigenvalue weighted by molar-refractivity contribution is -0.110. The fourth-order valence-electron chi connectivity index (χ4n) is 3.47. The maximum absolute atomic E-state index is 12.8. The monoisotopic (exact) mass is 402 g/mol. The Morgan fingerprint density at radius 1 is 1.14 bits per heavy atom. The summed E-state index contributed by atoms with van der Waals surface area (Å²) in [7, 11) is -1.69. The predicted octanol–water partition coefficient (Wildman–Crippen LogP) is 2.88. The Labute approximate surface area is 166 Å². The molecule has 1 saturated carbocycles. The van der Waals surface area contributed by atoms with E-state index in [0.29, 0.717) is 24.8 Å². The molecule has 0 bridgehead atoms. The average Bonchev–Trinajstić information content (AvgIpc) is 3.46. The fourth-order valence-corrected chi connectivity index (χ4v) is 5.06. The summed E-state index contributed by atoms with van der Waals surface area (Å²) >= 11 is 0. The molecule has 0 radical (unpaired) electrons. The van der Waals surface area contributed by atoms with E-state index in [-0.39, 0.29) is 12.6 Å². The summed E-state index contributed by atoms with van der Waals surface area (Å²) < 4.78 is 34.4. The van der Waals surface area contributed by atoms with Gasteiger partial charge >= 0.3 is 0 Å². The molecule has 1 N–H and O–H groups in total. The summed E-state index contributed by atoms with van der Waals surface area (Å²) in [6.07, 6.45) is 2.21. The number of hydrogen-bond donors (Lipinski definition) is 1. The second-order valence-corrected chi connectivity index (χ2v) is 9.49. The van der Waals surface area contributed by atoms with E-state index in [2.05, 4.69) is 4.72 Å². The third-order valence-electron chi connectivity index (χ3n) is 5.30. The molecule has 7 heteroatoms. The SMILES string of the molecule is CN1OC[C@H](S(=O)(=O)NCC2CC2)[C@H]1c1cccc(OCc2ccccc2)c1. The summed E-state index contributed by atoms with van der Waals surface area (Å²) in [6.45, 7) is 1.14.